The summed E-state index contributed by atoms with van der Waals surface area (Å²) in [5, 5.41) is 9.28. The lowest BCUT2D eigenvalue weighted by atomic mass is 10.1. The average molecular weight is 198 g/mol. The van der Waals surface area contributed by atoms with Crippen LogP contribution < -0.4 is 0 Å². The maximum absolute atomic E-state index is 10.9. The highest BCUT2D eigenvalue weighted by atomic mass is 16.6. The van der Waals surface area contributed by atoms with Crippen LogP contribution in [-0.4, -0.2) is 35.5 Å². The van der Waals surface area contributed by atoms with E-state index in [1.165, 1.54) is 0 Å². The number of rotatable bonds is 2. The minimum Gasteiger partial charge on any atom is -0.459 e. The third-order valence-electron chi connectivity index (χ3n) is 2.56. The number of esters is 1. The summed E-state index contributed by atoms with van der Waals surface area (Å²) in [6.45, 7) is 1.68. The first kappa shape index (κ1) is 9.68. The smallest absolute Gasteiger partial charge is 0.306 e. The van der Waals surface area contributed by atoms with Gasteiger partial charge in [-0.15, -0.1) is 0 Å². The molecule has 0 bridgehead atoms. The monoisotopic (exact) mass is 198 g/mol. The number of carbonyl (C=O) groups is 1. The highest BCUT2D eigenvalue weighted by Crippen LogP contribution is 2.25. The Morgan fingerprint density at radius 1 is 1.57 bits per heavy atom. The lowest BCUT2D eigenvalue weighted by Gasteiger charge is -2.19. The topological polar surface area (TPSA) is 55.8 Å². The van der Waals surface area contributed by atoms with Gasteiger partial charge in [-0.05, 0) is 13.3 Å². The van der Waals surface area contributed by atoms with E-state index >= 15 is 0 Å². The zero-order valence-corrected chi connectivity index (χ0v) is 8.05. The van der Waals surface area contributed by atoms with Crippen LogP contribution in [0, 0.1) is 0 Å². The second-order valence-electron chi connectivity index (χ2n) is 3.76. The highest BCUT2D eigenvalue weighted by Gasteiger charge is 2.35. The molecular formula is C10H14O4. The van der Waals surface area contributed by atoms with Crippen LogP contribution in [-0.2, 0) is 14.3 Å². The molecule has 2 aliphatic rings. The molecule has 0 aromatic heterocycles. The highest BCUT2D eigenvalue weighted by molar-refractivity contribution is 5.71. The van der Waals surface area contributed by atoms with Crippen LogP contribution >= 0.6 is 0 Å². The summed E-state index contributed by atoms with van der Waals surface area (Å²) in [4.78, 5) is 10.9. The molecule has 2 aliphatic heterocycles. The van der Waals surface area contributed by atoms with E-state index in [4.69, 9.17) is 9.47 Å². The minimum atomic E-state index is -0.520. The molecule has 2 heterocycles. The maximum Gasteiger partial charge on any atom is 0.306 e. The lowest BCUT2D eigenvalue weighted by Crippen LogP contribution is -2.30. The molecule has 1 saturated heterocycles. The third-order valence-corrected chi connectivity index (χ3v) is 2.56. The van der Waals surface area contributed by atoms with Crippen molar-refractivity contribution in [3.63, 3.8) is 0 Å². The Labute approximate surface area is 82.5 Å². The summed E-state index contributed by atoms with van der Waals surface area (Å²) in [6.07, 6.45) is 3.73. The number of hydrogen-bond donors (Lipinski definition) is 1. The van der Waals surface area contributed by atoms with E-state index in [1.807, 2.05) is 12.2 Å². The number of aliphatic hydroxyl groups is 1. The predicted molar refractivity (Wildman–Crippen MR) is 48.6 cm³/mol. The van der Waals surface area contributed by atoms with Crippen LogP contribution in [0.2, 0.25) is 0 Å². The van der Waals surface area contributed by atoms with Gasteiger partial charge in [-0.25, -0.2) is 0 Å². The fraction of sp³-hybridized carbons (Fsp3) is 0.700. The molecule has 2 rings (SSSR count). The van der Waals surface area contributed by atoms with Crippen molar-refractivity contribution in [2.24, 2.45) is 0 Å². The molecule has 0 aromatic carbocycles. The lowest BCUT2D eigenvalue weighted by molar-refractivity contribution is -0.146. The van der Waals surface area contributed by atoms with Gasteiger partial charge in [0, 0.05) is 6.42 Å². The van der Waals surface area contributed by atoms with Gasteiger partial charge in [0.1, 0.15) is 18.3 Å². The van der Waals surface area contributed by atoms with E-state index in [0.29, 0.717) is 12.8 Å². The van der Waals surface area contributed by atoms with E-state index in [1.54, 1.807) is 6.92 Å². The van der Waals surface area contributed by atoms with Crippen LogP contribution in [0.25, 0.3) is 0 Å². The van der Waals surface area contributed by atoms with Crippen molar-refractivity contribution in [2.75, 3.05) is 0 Å². The number of aliphatic hydroxyl groups excluding tert-OH is 1. The fourth-order valence-electron chi connectivity index (χ4n) is 1.76. The van der Waals surface area contributed by atoms with Crippen molar-refractivity contribution in [3.8, 4) is 0 Å². The summed E-state index contributed by atoms with van der Waals surface area (Å²) in [5.74, 6) is -0.160. The predicted octanol–water partition coefficient (Wildman–Crippen LogP) is 0.396. The second kappa shape index (κ2) is 3.71. The number of cyclic esters (lactones) is 1. The molecular weight excluding hydrogens is 184 g/mol. The molecule has 0 spiro atoms. The Bertz CT molecular complexity index is 259. The Hall–Kier alpha value is -0.870. The molecule has 1 unspecified atom stereocenters. The molecule has 0 saturated carbocycles. The first-order valence-electron chi connectivity index (χ1n) is 4.88. The van der Waals surface area contributed by atoms with Gasteiger partial charge in [0.25, 0.3) is 0 Å². The van der Waals surface area contributed by atoms with Gasteiger partial charge in [-0.2, -0.15) is 0 Å². The first-order valence-corrected chi connectivity index (χ1v) is 4.88. The van der Waals surface area contributed by atoms with E-state index < -0.39 is 6.10 Å². The van der Waals surface area contributed by atoms with Crippen LogP contribution in [0.4, 0.5) is 0 Å². The molecule has 0 amide bonds. The number of carbonyl (C=O) groups excluding carboxylic acids is 1. The van der Waals surface area contributed by atoms with Crippen LogP contribution in [0.15, 0.2) is 12.2 Å². The van der Waals surface area contributed by atoms with Gasteiger partial charge in [-0.1, -0.05) is 12.2 Å². The van der Waals surface area contributed by atoms with E-state index in [2.05, 4.69) is 0 Å². The SMILES string of the molecule is CC(O)[C@H]1C=C[C@H]([C@@H]2CCC(=O)O2)O1. The first-order chi connectivity index (χ1) is 6.66. The molecule has 4 atom stereocenters. The van der Waals surface area contributed by atoms with Gasteiger partial charge in [0.15, 0.2) is 0 Å². The largest absolute Gasteiger partial charge is 0.459 e. The number of ether oxygens (including phenoxy) is 2. The Morgan fingerprint density at radius 2 is 2.36 bits per heavy atom. The zero-order valence-electron chi connectivity index (χ0n) is 8.05. The Morgan fingerprint density at radius 3 is 2.86 bits per heavy atom. The molecule has 4 nitrogen and oxygen atoms in total. The summed E-state index contributed by atoms with van der Waals surface area (Å²) >= 11 is 0. The van der Waals surface area contributed by atoms with Crippen molar-refractivity contribution in [3.05, 3.63) is 12.2 Å². The van der Waals surface area contributed by atoms with Crippen molar-refractivity contribution in [2.45, 2.75) is 44.2 Å². The summed E-state index contributed by atoms with van der Waals surface area (Å²) in [6, 6.07) is 0. The van der Waals surface area contributed by atoms with E-state index in [-0.39, 0.29) is 24.3 Å². The molecule has 78 valence electrons. The van der Waals surface area contributed by atoms with Crippen molar-refractivity contribution >= 4 is 5.97 Å². The van der Waals surface area contributed by atoms with Gasteiger partial charge in [0.05, 0.1) is 6.10 Å². The van der Waals surface area contributed by atoms with Gasteiger partial charge >= 0.3 is 5.97 Å². The molecule has 1 N–H and O–H groups in total. The second-order valence-corrected chi connectivity index (χ2v) is 3.76. The van der Waals surface area contributed by atoms with E-state index in [0.717, 1.165) is 0 Å². The zero-order chi connectivity index (χ0) is 10.1. The maximum atomic E-state index is 10.9. The van der Waals surface area contributed by atoms with Gasteiger partial charge in [-0.3, -0.25) is 4.79 Å². The Balaban J connectivity index is 1.90. The van der Waals surface area contributed by atoms with E-state index in [9.17, 15) is 9.90 Å². The average Bonchev–Trinajstić information content (AvgIpc) is 2.70. The number of hydrogen-bond acceptors (Lipinski definition) is 4. The van der Waals surface area contributed by atoms with Crippen LogP contribution in [0.1, 0.15) is 19.8 Å². The van der Waals surface area contributed by atoms with Gasteiger partial charge < -0.3 is 14.6 Å². The quantitative estimate of drug-likeness (QED) is 0.515. The standard InChI is InChI=1S/C10H14O4/c1-6(11)7-2-3-8(13-7)9-4-5-10(12)14-9/h2-3,6-9,11H,4-5H2,1H3/t6?,7-,8-,9+/m1/s1. The van der Waals surface area contributed by atoms with Crippen LogP contribution in [0.3, 0.4) is 0 Å². The van der Waals surface area contributed by atoms with Crippen molar-refractivity contribution < 1.29 is 19.4 Å². The summed E-state index contributed by atoms with van der Waals surface area (Å²) in [7, 11) is 0. The molecule has 0 aromatic rings. The Kier molecular flexibility index (Phi) is 2.56. The van der Waals surface area contributed by atoms with Crippen molar-refractivity contribution in [1.82, 2.24) is 0 Å². The van der Waals surface area contributed by atoms with Crippen LogP contribution in [0.5, 0.6) is 0 Å². The molecule has 0 radical (unpaired) electrons. The molecule has 14 heavy (non-hydrogen) atoms. The third kappa shape index (κ3) is 1.81. The summed E-state index contributed by atoms with van der Waals surface area (Å²) < 4.78 is 10.6. The summed E-state index contributed by atoms with van der Waals surface area (Å²) in [5.41, 5.74) is 0. The normalized spacial score (nSPS) is 38.7. The van der Waals surface area contributed by atoms with Gasteiger partial charge in [0.2, 0.25) is 0 Å². The molecule has 1 fully saturated rings. The molecule has 0 aliphatic carbocycles. The van der Waals surface area contributed by atoms with Crippen molar-refractivity contribution in [1.29, 1.82) is 0 Å². The fourth-order valence-corrected chi connectivity index (χ4v) is 1.76. The minimum absolute atomic E-state index is 0.160. The molecule has 4 heteroatoms.